The molecule has 1 atom stereocenters. The van der Waals surface area contributed by atoms with Gasteiger partial charge < -0.3 is 0 Å². The van der Waals surface area contributed by atoms with Crippen molar-refractivity contribution in [1.82, 2.24) is 9.62 Å². The number of likely N-dealkylation sites (tertiary alicyclic amines) is 1. The second kappa shape index (κ2) is 6.67. The number of hydrogen-bond acceptors (Lipinski definition) is 4. The van der Waals surface area contributed by atoms with Gasteiger partial charge in [-0.3, -0.25) is 4.90 Å². The molecular formula is C12H19BrN2O2S2. The summed E-state index contributed by atoms with van der Waals surface area (Å²) in [7, 11) is -3.36. The monoisotopic (exact) mass is 366 g/mol. The van der Waals surface area contributed by atoms with Crippen LogP contribution in [0.3, 0.4) is 0 Å². The second-order valence-corrected chi connectivity index (χ2v) is 9.31. The largest absolute Gasteiger partial charge is 0.299 e. The van der Waals surface area contributed by atoms with Gasteiger partial charge in [-0.25, -0.2) is 13.1 Å². The van der Waals surface area contributed by atoms with Gasteiger partial charge in [0.1, 0.15) is 4.21 Å². The Bertz CT molecular complexity index is 510. The number of halogens is 1. The number of piperidine rings is 1. The van der Waals surface area contributed by atoms with Crippen LogP contribution in [-0.2, 0) is 10.0 Å². The minimum absolute atomic E-state index is 0.249. The molecule has 1 unspecified atom stereocenters. The molecule has 1 aliphatic heterocycles. The molecule has 2 heterocycles. The average molecular weight is 367 g/mol. The standard InChI is InChI=1S/C12H19BrN2O2S2/c1-10(15-7-3-2-4-8-15)9-14-19(16,17)12-6-5-11(13)18-12/h5-6,10,14H,2-4,7-9H2,1H3. The summed E-state index contributed by atoms with van der Waals surface area (Å²) in [6, 6.07) is 3.63. The maximum Gasteiger partial charge on any atom is 0.250 e. The fourth-order valence-corrected chi connectivity index (χ4v) is 5.41. The molecule has 108 valence electrons. The fraction of sp³-hybridized carbons (Fsp3) is 0.667. The van der Waals surface area contributed by atoms with E-state index in [1.165, 1.54) is 30.6 Å². The van der Waals surface area contributed by atoms with Crippen LogP contribution in [0.15, 0.2) is 20.1 Å². The summed E-state index contributed by atoms with van der Waals surface area (Å²) in [5.41, 5.74) is 0. The third kappa shape index (κ3) is 4.26. The zero-order valence-electron chi connectivity index (χ0n) is 10.9. The Morgan fingerprint density at radius 3 is 2.63 bits per heavy atom. The van der Waals surface area contributed by atoms with Gasteiger partial charge in [0.2, 0.25) is 10.0 Å². The molecule has 0 aliphatic carbocycles. The highest BCUT2D eigenvalue weighted by molar-refractivity contribution is 9.11. The molecule has 0 bridgehead atoms. The zero-order valence-corrected chi connectivity index (χ0v) is 14.2. The van der Waals surface area contributed by atoms with E-state index in [0.717, 1.165) is 16.9 Å². The summed E-state index contributed by atoms with van der Waals surface area (Å²) in [5, 5.41) is 0. The summed E-state index contributed by atoms with van der Waals surface area (Å²) >= 11 is 4.52. The van der Waals surface area contributed by atoms with Crippen molar-refractivity contribution in [3.8, 4) is 0 Å². The van der Waals surface area contributed by atoms with Gasteiger partial charge in [-0.2, -0.15) is 0 Å². The SMILES string of the molecule is CC(CNS(=O)(=O)c1ccc(Br)s1)N1CCCCC1. The topological polar surface area (TPSA) is 49.4 Å². The Kier molecular flexibility index (Phi) is 5.42. The first-order valence-electron chi connectivity index (χ1n) is 6.48. The van der Waals surface area contributed by atoms with Crippen molar-refractivity contribution in [2.75, 3.05) is 19.6 Å². The van der Waals surface area contributed by atoms with Gasteiger partial charge in [-0.15, -0.1) is 11.3 Å². The van der Waals surface area contributed by atoms with Crippen LogP contribution in [-0.4, -0.2) is 39.0 Å². The first-order chi connectivity index (χ1) is 8.99. The van der Waals surface area contributed by atoms with Crippen LogP contribution in [0.4, 0.5) is 0 Å². The Morgan fingerprint density at radius 2 is 2.05 bits per heavy atom. The van der Waals surface area contributed by atoms with Crippen molar-refractivity contribution in [2.45, 2.75) is 36.4 Å². The van der Waals surface area contributed by atoms with Crippen LogP contribution in [0.2, 0.25) is 0 Å². The Labute approximate surface area is 127 Å². The highest BCUT2D eigenvalue weighted by Gasteiger charge is 2.21. The predicted molar refractivity (Wildman–Crippen MR) is 82.1 cm³/mol. The summed E-state index contributed by atoms with van der Waals surface area (Å²) in [5.74, 6) is 0. The highest BCUT2D eigenvalue weighted by Crippen LogP contribution is 2.25. The lowest BCUT2D eigenvalue weighted by Gasteiger charge is -2.32. The molecule has 2 rings (SSSR count). The van der Waals surface area contributed by atoms with Crippen LogP contribution < -0.4 is 4.72 Å². The van der Waals surface area contributed by atoms with Gasteiger partial charge >= 0.3 is 0 Å². The second-order valence-electron chi connectivity index (χ2n) is 4.86. The van der Waals surface area contributed by atoms with Crippen molar-refractivity contribution in [2.24, 2.45) is 0 Å². The van der Waals surface area contributed by atoms with Crippen molar-refractivity contribution in [3.63, 3.8) is 0 Å². The maximum absolute atomic E-state index is 12.1. The molecule has 1 N–H and O–H groups in total. The van der Waals surface area contributed by atoms with E-state index in [9.17, 15) is 8.42 Å². The molecular weight excluding hydrogens is 348 g/mol. The quantitative estimate of drug-likeness (QED) is 0.871. The highest BCUT2D eigenvalue weighted by atomic mass is 79.9. The van der Waals surface area contributed by atoms with Gasteiger partial charge in [0.05, 0.1) is 3.79 Å². The molecule has 19 heavy (non-hydrogen) atoms. The lowest BCUT2D eigenvalue weighted by atomic mass is 10.1. The zero-order chi connectivity index (χ0) is 13.9. The molecule has 1 aliphatic rings. The van der Waals surface area contributed by atoms with Gasteiger partial charge in [-0.05, 0) is 60.9 Å². The molecule has 1 aromatic heterocycles. The number of hydrogen-bond donors (Lipinski definition) is 1. The minimum atomic E-state index is -3.36. The van der Waals surface area contributed by atoms with Crippen LogP contribution >= 0.6 is 27.3 Å². The molecule has 1 aromatic rings. The van der Waals surface area contributed by atoms with E-state index in [0.29, 0.717) is 10.8 Å². The van der Waals surface area contributed by atoms with Crippen LogP contribution in [0.25, 0.3) is 0 Å². The van der Waals surface area contributed by atoms with Crippen LogP contribution in [0.5, 0.6) is 0 Å². The Morgan fingerprint density at radius 1 is 1.37 bits per heavy atom. The van der Waals surface area contributed by atoms with Gasteiger partial charge in [-0.1, -0.05) is 6.42 Å². The van der Waals surface area contributed by atoms with E-state index in [4.69, 9.17) is 0 Å². The molecule has 1 fully saturated rings. The molecule has 0 saturated carbocycles. The lowest BCUT2D eigenvalue weighted by molar-refractivity contribution is 0.175. The van der Waals surface area contributed by atoms with Crippen LogP contribution in [0, 0.1) is 0 Å². The number of rotatable bonds is 5. The normalized spacial score (nSPS) is 19.5. The van der Waals surface area contributed by atoms with Gasteiger partial charge in [0, 0.05) is 12.6 Å². The molecule has 1 saturated heterocycles. The summed E-state index contributed by atoms with van der Waals surface area (Å²) in [6.45, 7) is 4.71. The van der Waals surface area contributed by atoms with E-state index in [-0.39, 0.29) is 6.04 Å². The first-order valence-corrected chi connectivity index (χ1v) is 9.57. The first kappa shape index (κ1) is 15.4. The molecule has 7 heteroatoms. The van der Waals surface area contributed by atoms with E-state index >= 15 is 0 Å². The van der Waals surface area contributed by atoms with E-state index < -0.39 is 10.0 Å². The molecule has 0 spiro atoms. The van der Waals surface area contributed by atoms with E-state index in [1.54, 1.807) is 12.1 Å². The Hall–Kier alpha value is 0.0500. The maximum atomic E-state index is 12.1. The smallest absolute Gasteiger partial charge is 0.250 e. The number of sulfonamides is 1. The van der Waals surface area contributed by atoms with E-state index in [2.05, 4.69) is 32.5 Å². The summed E-state index contributed by atoms with van der Waals surface area (Å²) in [4.78, 5) is 2.36. The van der Waals surface area contributed by atoms with Crippen molar-refractivity contribution < 1.29 is 8.42 Å². The third-order valence-corrected chi connectivity index (χ3v) is 6.94. The average Bonchev–Trinajstić information content (AvgIpc) is 2.85. The minimum Gasteiger partial charge on any atom is -0.299 e. The predicted octanol–water partition coefficient (Wildman–Crippen LogP) is 2.66. The van der Waals surface area contributed by atoms with Crippen LogP contribution in [0.1, 0.15) is 26.2 Å². The lowest BCUT2D eigenvalue weighted by Crippen LogP contribution is -2.44. The molecule has 4 nitrogen and oxygen atoms in total. The van der Waals surface area contributed by atoms with E-state index in [1.807, 2.05) is 0 Å². The third-order valence-electron chi connectivity index (χ3n) is 3.40. The summed E-state index contributed by atoms with van der Waals surface area (Å²) in [6.07, 6.45) is 3.72. The molecule has 0 aromatic carbocycles. The number of nitrogens with one attached hydrogen (secondary N) is 1. The molecule has 0 radical (unpaired) electrons. The summed E-state index contributed by atoms with van der Waals surface area (Å²) < 4.78 is 28.1. The van der Waals surface area contributed by atoms with Gasteiger partial charge in [0.15, 0.2) is 0 Å². The van der Waals surface area contributed by atoms with Crippen molar-refractivity contribution in [3.05, 3.63) is 15.9 Å². The Balaban J connectivity index is 1.90. The van der Waals surface area contributed by atoms with Crippen molar-refractivity contribution in [1.29, 1.82) is 0 Å². The van der Waals surface area contributed by atoms with Gasteiger partial charge in [0.25, 0.3) is 0 Å². The van der Waals surface area contributed by atoms with Crippen molar-refractivity contribution >= 4 is 37.3 Å². The number of thiophene rings is 1. The number of nitrogens with zero attached hydrogens (tertiary/aromatic N) is 1. The fourth-order valence-electron chi connectivity index (χ4n) is 2.23. The molecule has 0 amide bonds.